The van der Waals surface area contributed by atoms with Gasteiger partial charge in [-0.05, 0) is 36.1 Å². The van der Waals surface area contributed by atoms with E-state index in [9.17, 15) is 4.79 Å². The van der Waals surface area contributed by atoms with Gasteiger partial charge in [-0.2, -0.15) is 0 Å². The van der Waals surface area contributed by atoms with Crippen molar-refractivity contribution in [2.24, 2.45) is 5.92 Å². The van der Waals surface area contributed by atoms with E-state index in [0.717, 1.165) is 18.7 Å². The standard InChI is InChI=1S/C16H16N2O2/c1-11-9-12-5-2-3-7-14(12)18(10-11)15-8-4-6-13(17-15)16(19)20/h2-8,11H,9-10H2,1H3,(H,19,20). The number of rotatable bonds is 2. The molecule has 1 aromatic heterocycles. The summed E-state index contributed by atoms with van der Waals surface area (Å²) in [6, 6.07) is 13.4. The number of hydrogen-bond acceptors (Lipinski definition) is 3. The van der Waals surface area contributed by atoms with Crippen molar-refractivity contribution in [3.05, 3.63) is 53.7 Å². The van der Waals surface area contributed by atoms with E-state index in [1.807, 2.05) is 18.2 Å². The molecule has 3 rings (SSSR count). The number of para-hydroxylation sites is 1. The zero-order chi connectivity index (χ0) is 14.1. The number of anilines is 2. The first-order valence-corrected chi connectivity index (χ1v) is 6.71. The Morgan fingerprint density at radius 2 is 2.05 bits per heavy atom. The summed E-state index contributed by atoms with van der Waals surface area (Å²) in [6.45, 7) is 3.05. The fraction of sp³-hybridized carbons (Fsp3) is 0.250. The number of nitrogens with zero attached hydrogens (tertiary/aromatic N) is 2. The number of aromatic carboxylic acids is 1. The molecule has 0 spiro atoms. The van der Waals surface area contributed by atoms with Crippen LogP contribution < -0.4 is 4.90 Å². The highest BCUT2D eigenvalue weighted by molar-refractivity contribution is 5.86. The van der Waals surface area contributed by atoms with Crippen LogP contribution in [0.15, 0.2) is 42.5 Å². The van der Waals surface area contributed by atoms with Gasteiger partial charge < -0.3 is 10.0 Å². The first-order chi connectivity index (χ1) is 9.65. The van der Waals surface area contributed by atoms with Crippen LogP contribution in [0.4, 0.5) is 11.5 Å². The number of carboxylic acid groups (broad SMARTS) is 1. The predicted octanol–water partition coefficient (Wildman–Crippen LogP) is 3.11. The second kappa shape index (κ2) is 4.96. The lowest BCUT2D eigenvalue weighted by molar-refractivity contribution is 0.0690. The van der Waals surface area contributed by atoms with Gasteiger partial charge in [-0.1, -0.05) is 31.2 Å². The van der Waals surface area contributed by atoms with Crippen molar-refractivity contribution < 1.29 is 9.90 Å². The number of benzene rings is 1. The highest BCUT2D eigenvalue weighted by Gasteiger charge is 2.23. The highest BCUT2D eigenvalue weighted by Crippen LogP contribution is 2.34. The van der Waals surface area contributed by atoms with Crippen LogP contribution >= 0.6 is 0 Å². The molecule has 20 heavy (non-hydrogen) atoms. The number of aromatic nitrogens is 1. The molecule has 4 heteroatoms. The number of carbonyl (C=O) groups is 1. The Morgan fingerprint density at radius 3 is 2.85 bits per heavy atom. The predicted molar refractivity (Wildman–Crippen MR) is 77.5 cm³/mol. The molecule has 1 aliphatic heterocycles. The lowest BCUT2D eigenvalue weighted by Gasteiger charge is -2.34. The topological polar surface area (TPSA) is 53.4 Å². The maximum atomic E-state index is 11.1. The molecule has 1 aliphatic rings. The third kappa shape index (κ3) is 2.25. The quantitative estimate of drug-likeness (QED) is 0.909. The van der Waals surface area contributed by atoms with Gasteiger partial charge in [0.05, 0.1) is 0 Å². The van der Waals surface area contributed by atoms with Crippen molar-refractivity contribution >= 4 is 17.5 Å². The van der Waals surface area contributed by atoms with Crippen molar-refractivity contribution in [2.45, 2.75) is 13.3 Å². The molecular formula is C16H16N2O2. The average Bonchev–Trinajstić information content (AvgIpc) is 2.46. The minimum Gasteiger partial charge on any atom is -0.477 e. The van der Waals surface area contributed by atoms with Crippen LogP contribution in [0.2, 0.25) is 0 Å². The summed E-state index contributed by atoms with van der Waals surface area (Å²) in [5.41, 5.74) is 2.49. The van der Waals surface area contributed by atoms with Crippen LogP contribution in [0, 0.1) is 5.92 Å². The van der Waals surface area contributed by atoms with E-state index in [1.54, 1.807) is 6.07 Å². The molecule has 2 aromatic rings. The summed E-state index contributed by atoms with van der Waals surface area (Å²) in [6.07, 6.45) is 1.05. The zero-order valence-corrected chi connectivity index (χ0v) is 11.3. The largest absolute Gasteiger partial charge is 0.477 e. The molecule has 4 nitrogen and oxygen atoms in total. The van der Waals surface area contributed by atoms with Gasteiger partial charge in [0.2, 0.25) is 0 Å². The van der Waals surface area contributed by atoms with Crippen molar-refractivity contribution in [2.75, 3.05) is 11.4 Å². The summed E-state index contributed by atoms with van der Waals surface area (Å²) >= 11 is 0. The van der Waals surface area contributed by atoms with E-state index in [0.29, 0.717) is 11.7 Å². The van der Waals surface area contributed by atoms with E-state index in [2.05, 4.69) is 28.9 Å². The van der Waals surface area contributed by atoms with Crippen LogP contribution in [0.3, 0.4) is 0 Å². The smallest absolute Gasteiger partial charge is 0.354 e. The van der Waals surface area contributed by atoms with Crippen molar-refractivity contribution in [1.82, 2.24) is 4.98 Å². The maximum Gasteiger partial charge on any atom is 0.354 e. The molecule has 0 saturated carbocycles. The zero-order valence-electron chi connectivity index (χ0n) is 11.3. The first kappa shape index (κ1) is 12.7. The maximum absolute atomic E-state index is 11.1. The highest BCUT2D eigenvalue weighted by atomic mass is 16.4. The number of fused-ring (bicyclic) bond motifs is 1. The molecule has 0 bridgehead atoms. The minimum absolute atomic E-state index is 0.0817. The summed E-state index contributed by atoms with van der Waals surface area (Å²) in [4.78, 5) is 17.4. The van der Waals surface area contributed by atoms with E-state index >= 15 is 0 Å². The van der Waals surface area contributed by atoms with Gasteiger partial charge in [0, 0.05) is 12.2 Å². The first-order valence-electron chi connectivity index (χ1n) is 6.71. The number of pyridine rings is 1. The third-order valence-electron chi connectivity index (χ3n) is 3.58. The molecular weight excluding hydrogens is 252 g/mol. The fourth-order valence-electron chi connectivity index (χ4n) is 2.71. The van der Waals surface area contributed by atoms with Gasteiger partial charge in [-0.3, -0.25) is 0 Å². The van der Waals surface area contributed by atoms with Gasteiger partial charge in [-0.15, -0.1) is 0 Å². The Kier molecular flexibility index (Phi) is 3.14. The molecule has 0 amide bonds. The van der Waals surface area contributed by atoms with Crippen molar-refractivity contribution in [1.29, 1.82) is 0 Å². The molecule has 102 valence electrons. The Bertz CT molecular complexity index is 654. The van der Waals surface area contributed by atoms with Crippen molar-refractivity contribution in [3.63, 3.8) is 0 Å². The number of carboxylic acids is 1. The summed E-state index contributed by atoms with van der Waals surface area (Å²) in [5, 5.41) is 9.07. The summed E-state index contributed by atoms with van der Waals surface area (Å²) < 4.78 is 0. The molecule has 1 atom stereocenters. The van der Waals surface area contributed by atoms with E-state index in [1.165, 1.54) is 11.6 Å². The minimum atomic E-state index is -0.995. The second-order valence-corrected chi connectivity index (χ2v) is 5.23. The molecule has 2 heterocycles. The molecule has 1 unspecified atom stereocenters. The van der Waals surface area contributed by atoms with Crippen LogP contribution in [0.25, 0.3) is 0 Å². The van der Waals surface area contributed by atoms with Crippen molar-refractivity contribution in [3.8, 4) is 0 Å². The Labute approximate surface area is 117 Å². The normalized spacial score (nSPS) is 17.6. The monoisotopic (exact) mass is 268 g/mol. The fourth-order valence-corrected chi connectivity index (χ4v) is 2.71. The van der Waals surface area contributed by atoms with Gasteiger partial charge in [0.1, 0.15) is 5.82 Å². The van der Waals surface area contributed by atoms with E-state index in [-0.39, 0.29) is 5.69 Å². The summed E-state index contributed by atoms with van der Waals surface area (Å²) in [7, 11) is 0. The van der Waals surface area contributed by atoms with Crippen LogP contribution in [0.5, 0.6) is 0 Å². The molecule has 0 aliphatic carbocycles. The third-order valence-corrected chi connectivity index (χ3v) is 3.58. The van der Waals surface area contributed by atoms with Gasteiger partial charge in [0.15, 0.2) is 5.69 Å². The van der Waals surface area contributed by atoms with Crippen LogP contribution in [-0.2, 0) is 6.42 Å². The van der Waals surface area contributed by atoms with Gasteiger partial charge in [-0.25, -0.2) is 9.78 Å². The Morgan fingerprint density at radius 1 is 1.25 bits per heavy atom. The Hall–Kier alpha value is -2.36. The van der Waals surface area contributed by atoms with Crippen LogP contribution in [-0.4, -0.2) is 22.6 Å². The molecule has 0 fully saturated rings. The molecule has 0 radical (unpaired) electrons. The SMILES string of the molecule is CC1Cc2ccccc2N(c2cccc(C(=O)O)n2)C1. The van der Waals surface area contributed by atoms with E-state index < -0.39 is 5.97 Å². The average molecular weight is 268 g/mol. The second-order valence-electron chi connectivity index (χ2n) is 5.23. The Balaban J connectivity index is 2.06. The molecule has 1 N–H and O–H groups in total. The van der Waals surface area contributed by atoms with E-state index in [4.69, 9.17) is 5.11 Å². The van der Waals surface area contributed by atoms with Gasteiger partial charge >= 0.3 is 5.97 Å². The lowest BCUT2D eigenvalue weighted by Crippen LogP contribution is -2.31. The number of hydrogen-bond donors (Lipinski definition) is 1. The van der Waals surface area contributed by atoms with Gasteiger partial charge in [0.25, 0.3) is 0 Å². The molecule has 0 saturated heterocycles. The lowest BCUT2D eigenvalue weighted by atomic mass is 9.94. The molecule has 1 aromatic carbocycles. The summed E-state index contributed by atoms with van der Waals surface area (Å²) in [5.74, 6) is 0.217. The van der Waals surface area contributed by atoms with Crippen LogP contribution in [0.1, 0.15) is 23.0 Å².